The van der Waals surface area contributed by atoms with Crippen molar-refractivity contribution in [1.82, 2.24) is 4.31 Å². The van der Waals surface area contributed by atoms with E-state index in [1.807, 2.05) is 0 Å². The van der Waals surface area contributed by atoms with Crippen molar-refractivity contribution in [3.63, 3.8) is 0 Å². The number of benzene rings is 1. The van der Waals surface area contributed by atoms with Crippen LogP contribution in [0.25, 0.3) is 0 Å². The van der Waals surface area contributed by atoms with E-state index in [0.29, 0.717) is 23.6 Å². The molecule has 5 nitrogen and oxygen atoms in total. The van der Waals surface area contributed by atoms with Crippen LogP contribution in [0, 0.1) is 5.92 Å². The Morgan fingerprint density at radius 2 is 2.20 bits per heavy atom. The molecule has 1 N–H and O–H groups in total. The van der Waals surface area contributed by atoms with Crippen LogP contribution in [0.5, 0.6) is 0 Å². The number of rotatable bonds is 5. The van der Waals surface area contributed by atoms with Crippen molar-refractivity contribution in [2.45, 2.75) is 18.6 Å². The first-order valence-corrected chi connectivity index (χ1v) is 8.29. The maximum absolute atomic E-state index is 12.3. The lowest BCUT2D eigenvalue weighted by Gasteiger charge is -2.16. The van der Waals surface area contributed by atoms with Gasteiger partial charge in [-0.15, -0.1) is 0 Å². The quantitative estimate of drug-likeness (QED) is 0.901. The Kier molecular flexibility index (Phi) is 4.67. The van der Waals surface area contributed by atoms with Gasteiger partial charge in [-0.1, -0.05) is 23.7 Å². The summed E-state index contributed by atoms with van der Waals surface area (Å²) < 4.78 is 25.9. The average Bonchev–Trinajstić information content (AvgIpc) is 2.76. The first kappa shape index (κ1) is 15.3. The molecule has 0 spiro atoms. The van der Waals surface area contributed by atoms with Gasteiger partial charge >= 0.3 is 5.97 Å². The van der Waals surface area contributed by atoms with E-state index in [9.17, 15) is 13.2 Å². The highest BCUT2D eigenvalue weighted by Crippen LogP contribution is 2.24. The number of carboxylic acids is 1. The minimum Gasteiger partial charge on any atom is -0.481 e. The number of sulfonamides is 1. The van der Waals surface area contributed by atoms with Crippen molar-refractivity contribution in [3.05, 3.63) is 34.9 Å². The Bertz CT molecular complexity index is 602. The Balaban J connectivity index is 2.03. The van der Waals surface area contributed by atoms with Crippen LogP contribution in [0.15, 0.2) is 24.3 Å². The molecule has 2 rings (SSSR count). The van der Waals surface area contributed by atoms with Gasteiger partial charge in [0.2, 0.25) is 10.0 Å². The molecule has 7 heteroatoms. The van der Waals surface area contributed by atoms with Crippen molar-refractivity contribution in [2.24, 2.45) is 5.92 Å². The van der Waals surface area contributed by atoms with Gasteiger partial charge in [-0.2, -0.15) is 0 Å². The van der Waals surface area contributed by atoms with Crippen LogP contribution in [0.3, 0.4) is 0 Å². The summed E-state index contributed by atoms with van der Waals surface area (Å²) in [6, 6.07) is 6.75. The Morgan fingerprint density at radius 3 is 2.85 bits per heavy atom. The van der Waals surface area contributed by atoms with Crippen molar-refractivity contribution in [3.8, 4) is 0 Å². The van der Waals surface area contributed by atoms with Gasteiger partial charge in [0.25, 0.3) is 0 Å². The zero-order valence-electron chi connectivity index (χ0n) is 10.8. The molecule has 0 aromatic heterocycles. The number of aliphatic carboxylic acids is 1. The molecule has 1 aromatic rings. The molecule has 0 aliphatic carbocycles. The molecule has 20 heavy (non-hydrogen) atoms. The van der Waals surface area contributed by atoms with Crippen LogP contribution in [0.4, 0.5) is 0 Å². The maximum atomic E-state index is 12.3. The van der Waals surface area contributed by atoms with Crippen LogP contribution in [-0.2, 0) is 20.6 Å². The summed E-state index contributed by atoms with van der Waals surface area (Å²) >= 11 is 5.84. The average molecular weight is 318 g/mol. The molecule has 1 aliphatic heterocycles. The summed E-state index contributed by atoms with van der Waals surface area (Å²) in [6.45, 7) is 0.677. The second-order valence-electron chi connectivity index (χ2n) is 5.00. The summed E-state index contributed by atoms with van der Waals surface area (Å²) in [5, 5.41) is 9.25. The highest BCUT2D eigenvalue weighted by molar-refractivity contribution is 7.88. The molecule has 0 bridgehead atoms. The fourth-order valence-corrected chi connectivity index (χ4v) is 4.21. The largest absolute Gasteiger partial charge is 0.481 e. The zero-order chi connectivity index (χ0) is 14.8. The van der Waals surface area contributed by atoms with Crippen molar-refractivity contribution in [1.29, 1.82) is 0 Å². The molecule has 0 radical (unpaired) electrons. The molecular weight excluding hydrogens is 302 g/mol. The van der Waals surface area contributed by atoms with Gasteiger partial charge in [-0.3, -0.25) is 4.79 Å². The van der Waals surface area contributed by atoms with Gasteiger partial charge in [0.05, 0.1) is 5.75 Å². The molecule has 0 unspecified atom stereocenters. The third-order valence-electron chi connectivity index (χ3n) is 3.34. The van der Waals surface area contributed by atoms with E-state index in [-0.39, 0.29) is 24.6 Å². The summed E-state index contributed by atoms with van der Waals surface area (Å²) in [7, 11) is -3.42. The molecule has 1 fully saturated rings. The SMILES string of the molecule is O=C(O)C[C@H]1CCN(S(=O)(=O)Cc2cccc(Cl)c2)C1. The van der Waals surface area contributed by atoms with Gasteiger partial charge in [0.1, 0.15) is 0 Å². The molecule has 1 aromatic carbocycles. The van der Waals surface area contributed by atoms with E-state index in [2.05, 4.69) is 0 Å². The number of hydrogen-bond donors (Lipinski definition) is 1. The lowest BCUT2D eigenvalue weighted by molar-refractivity contribution is -0.137. The fourth-order valence-electron chi connectivity index (χ4n) is 2.39. The Morgan fingerprint density at radius 1 is 1.45 bits per heavy atom. The molecule has 0 saturated carbocycles. The Labute approximate surface area is 123 Å². The van der Waals surface area contributed by atoms with Crippen LogP contribution in [0.2, 0.25) is 5.02 Å². The minimum atomic E-state index is -3.42. The van der Waals surface area contributed by atoms with Crippen LogP contribution in [-0.4, -0.2) is 36.9 Å². The monoisotopic (exact) mass is 317 g/mol. The van der Waals surface area contributed by atoms with Crippen molar-refractivity contribution >= 4 is 27.6 Å². The zero-order valence-corrected chi connectivity index (χ0v) is 12.4. The molecule has 1 heterocycles. The third-order valence-corrected chi connectivity index (χ3v) is 5.40. The van der Waals surface area contributed by atoms with E-state index in [1.54, 1.807) is 24.3 Å². The van der Waals surface area contributed by atoms with Crippen molar-refractivity contribution < 1.29 is 18.3 Å². The number of hydrogen-bond acceptors (Lipinski definition) is 3. The lowest BCUT2D eigenvalue weighted by atomic mass is 10.1. The topological polar surface area (TPSA) is 74.7 Å². The number of halogens is 1. The normalized spacial score (nSPS) is 20.1. The third kappa shape index (κ3) is 3.94. The van der Waals surface area contributed by atoms with Crippen molar-refractivity contribution in [2.75, 3.05) is 13.1 Å². The van der Waals surface area contributed by atoms with Crippen LogP contribution < -0.4 is 0 Å². The highest BCUT2D eigenvalue weighted by atomic mass is 35.5. The van der Waals surface area contributed by atoms with Crippen LogP contribution in [0.1, 0.15) is 18.4 Å². The summed E-state index contributed by atoms with van der Waals surface area (Å²) in [5.74, 6) is -1.08. The van der Waals surface area contributed by atoms with Crippen LogP contribution >= 0.6 is 11.6 Å². The molecule has 1 saturated heterocycles. The van der Waals surface area contributed by atoms with E-state index < -0.39 is 16.0 Å². The van der Waals surface area contributed by atoms with E-state index in [0.717, 1.165) is 0 Å². The molecule has 0 amide bonds. The standard InChI is InChI=1S/C13H16ClNO4S/c14-12-3-1-2-11(6-12)9-20(18,19)15-5-4-10(8-15)7-13(16)17/h1-3,6,10H,4-5,7-9H2,(H,16,17)/t10-/m1/s1. The molecule has 1 aliphatic rings. The second-order valence-corrected chi connectivity index (χ2v) is 7.40. The predicted molar refractivity (Wildman–Crippen MR) is 76.0 cm³/mol. The van der Waals surface area contributed by atoms with E-state index in [1.165, 1.54) is 4.31 Å². The maximum Gasteiger partial charge on any atom is 0.303 e. The first-order valence-electron chi connectivity index (χ1n) is 6.31. The summed E-state index contributed by atoms with van der Waals surface area (Å²) in [4.78, 5) is 10.7. The Hall–Kier alpha value is -1.11. The minimum absolute atomic E-state index is 0.0170. The van der Waals surface area contributed by atoms with Gasteiger partial charge in [0, 0.05) is 24.5 Å². The van der Waals surface area contributed by atoms with Gasteiger partial charge < -0.3 is 5.11 Å². The van der Waals surface area contributed by atoms with Gasteiger partial charge in [-0.25, -0.2) is 12.7 Å². The number of nitrogens with zero attached hydrogens (tertiary/aromatic N) is 1. The van der Waals surface area contributed by atoms with Gasteiger partial charge in [0.15, 0.2) is 0 Å². The second kappa shape index (κ2) is 6.11. The van der Waals surface area contributed by atoms with E-state index in [4.69, 9.17) is 16.7 Å². The smallest absolute Gasteiger partial charge is 0.303 e. The van der Waals surface area contributed by atoms with E-state index >= 15 is 0 Å². The molecule has 1 atom stereocenters. The molecular formula is C13H16ClNO4S. The summed E-state index contributed by atoms with van der Waals surface area (Å²) in [6.07, 6.45) is 0.615. The lowest BCUT2D eigenvalue weighted by Crippen LogP contribution is -2.30. The molecule has 110 valence electrons. The van der Waals surface area contributed by atoms with Gasteiger partial charge in [-0.05, 0) is 30.0 Å². The number of carboxylic acid groups (broad SMARTS) is 1. The first-order chi connectivity index (χ1) is 9.37. The summed E-state index contributed by atoms with van der Waals surface area (Å²) in [5.41, 5.74) is 0.638. The predicted octanol–water partition coefficient (Wildman–Crippen LogP) is 1.97. The number of carbonyl (C=O) groups is 1. The highest BCUT2D eigenvalue weighted by Gasteiger charge is 2.32. The fraction of sp³-hybridized carbons (Fsp3) is 0.462.